The fourth-order valence-electron chi connectivity index (χ4n) is 1.91. The first kappa shape index (κ1) is 15.0. The number of carboxylic acid groups (broad SMARTS) is 1. The van der Waals surface area contributed by atoms with Crippen molar-refractivity contribution in [3.63, 3.8) is 0 Å². The zero-order chi connectivity index (χ0) is 14.9. The van der Waals surface area contributed by atoms with Gasteiger partial charge in [0.05, 0.1) is 29.8 Å². The van der Waals surface area contributed by atoms with Crippen LogP contribution in [0.15, 0.2) is 12.3 Å². The molecule has 0 spiro atoms. The summed E-state index contributed by atoms with van der Waals surface area (Å²) in [4.78, 5) is 27.2. The number of carboxylic acids is 1. The summed E-state index contributed by atoms with van der Waals surface area (Å²) in [7, 11) is 0. The Balaban J connectivity index is 2.19. The predicted molar refractivity (Wildman–Crippen MR) is 72.1 cm³/mol. The van der Waals surface area contributed by atoms with Crippen LogP contribution in [0.3, 0.4) is 0 Å². The van der Waals surface area contributed by atoms with Gasteiger partial charge in [-0.25, -0.2) is 4.98 Å². The highest BCUT2D eigenvalue weighted by Crippen LogP contribution is 2.29. The van der Waals surface area contributed by atoms with E-state index >= 15 is 0 Å². The van der Waals surface area contributed by atoms with E-state index in [9.17, 15) is 14.7 Å². The van der Waals surface area contributed by atoms with Crippen molar-refractivity contribution in [1.82, 2.24) is 10.3 Å². The maximum absolute atomic E-state index is 12.2. The van der Waals surface area contributed by atoms with Crippen molar-refractivity contribution in [2.75, 3.05) is 13.2 Å². The minimum absolute atomic E-state index is 0.0398. The van der Waals surface area contributed by atoms with E-state index in [4.69, 9.17) is 27.9 Å². The Kier molecular flexibility index (Phi) is 4.17. The van der Waals surface area contributed by atoms with Gasteiger partial charge in [0.15, 0.2) is 0 Å². The number of pyridine rings is 1. The maximum Gasteiger partial charge on any atom is 0.313 e. The van der Waals surface area contributed by atoms with E-state index < -0.39 is 23.3 Å². The number of nitrogens with one attached hydrogen (secondary N) is 1. The summed E-state index contributed by atoms with van der Waals surface area (Å²) in [5.41, 5.74) is -1.02. The standard InChI is InChI=1S/C12H12Cl2N2O4/c1-12(11(18)19)5-20-4-8(12)16-10(17)6-2-9(14)15-3-7(6)13/h2-3,8H,4-5H2,1H3,(H,16,17)(H,18,19). The van der Waals surface area contributed by atoms with Gasteiger partial charge in [-0.05, 0) is 13.0 Å². The van der Waals surface area contributed by atoms with Crippen molar-refractivity contribution < 1.29 is 19.4 Å². The summed E-state index contributed by atoms with van der Waals surface area (Å²) in [6.07, 6.45) is 1.26. The summed E-state index contributed by atoms with van der Waals surface area (Å²) < 4.78 is 5.16. The van der Waals surface area contributed by atoms with Gasteiger partial charge < -0.3 is 15.2 Å². The van der Waals surface area contributed by atoms with E-state index in [1.165, 1.54) is 19.2 Å². The van der Waals surface area contributed by atoms with Crippen LogP contribution in [-0.2, 0) is 9.53 Å². The third-order valence-corrected chi connectivity index (χ3v) is 3.82. The molecule has 1 aliphatic rings. The van der Waals surface area contributed by atoms with E-state index in [-0.39, 0.29) is 29.0 Å². The molecule has 0 aromatic carbocycles. The minimum atomic E-state index is -1.17. The molecule has 0 bridgehead atoms. The average molecular weight is 319 g/mol. The van der Waals surface area contributed by atoms with Gasteiger partial charge in [-0.1, -0.05) is 23.2 Å². The second-order valence-electron chi connectivity index (χ2n) is 4.75. The van der Waals surface area contributed by atoms with E-state index in [1.54, 1.807) is 0 Å². The smallest absolute Gasteiger partial charge is 0.313 e. The highest BCUT2D eigenvalue weighted by Gasteiger charge is 2.47. The number of hydrogen-bond donors (Lipinski definition) is 2. The number of carbonyl (C=O) groups is 2. The van der Waals surface area contributed by atoms with Gasteiger partial charge in [0.1, 0.15) is 10.6 Å². The van der Waals surface area contributed by atoms with E-state index in [2.05, 4.69) is 10.3 Å². The van der Waals surface area contributed by atoms with Crippen molar-refractivity contribution in [2.24, 2.45) is 5.41 Å². The summed E-state index contributed by atoms with van der Waals surface area (Å²) in [6, 6.07) is 0.683. The molecule has 2 rings (SSSR count). The van der Waals surface area contributed by atoms with Crippen LogP contribution in [0, 0.1) is 5.41 Å². The lowest BCUT2D eigenvalue weighted by Crippen LogP contribution is -2.49. The van der Waals surface area contributed by atoms with E-state index in [0.29, 0.717) is 0 Å². The molecule has 1 fully saturated rings. The SMILES string of the molecule is CC1(C(=O)O)COCC1NC(=O)c1cc(Cl)ncc1Cl. The Morgan fingerprint density at radius 3 is 2.90 bits per heavy atom. The topological polar surface area (TPSA) is 88.5 Å². The lowest BCUT2D eigenvalue weighted by atomic mass is 9.85. The molecule has 6 nitrogen and oxygen atoms in total. The molecule has 0 radical (unpaired) electrons. The van der Waals surface area contributed by atoms with Gasteiger partial charge in [-0.15, -0.1) is 0 Å². The molecule has 108 valence electrons. The Hall–Kier alpha value is -1.37. The highest BCUT2D eigenvalue weighted by atomic mass is 35.5. The molecule has 1 aromatic heterocycles. The quantitative estimate of drug-likeness (QED) is 0.826. The van der Waals surface area contributed by atoms with E-state index in [1.807, 2.05) is 0 Å². The summed E-state index contributed by atoms with van der Waals surface area (Å²) in [5.74, 6) is -1.54. The first-order chi connectivity index (χ1) is 9.34. The van der Waals surface area contributed by atoms with E-state index in [0.717, 1.165) is 0 Å². The van der Waals surface area contributed by atoms with Crippen LogP contribution in [-0.4, -0.2) is 41.2 Å². The number of hydrogen-bond acceptors (Lipinski definition) is 4. The van der Waals surface area contributed by atoms with Crippen LogP contribution in [0.2, 0.25) is 10.2 Å². The highest BCUT2D eigenvalue weighted by molar-refractivity contribution is 6.35. The molecule has 1 aromatic rings. The first-order valence-corrected chi connectivity index (χ1v) is 6.53. The largest absolute Gasteiger partial charge is 0.481 e. The summed E-state index contributed by atoms with van der Waals surface area (Å²) >= 11 is 11.6. The van der Waals surface area contributed by atoms with Crippen LogP contribution in [0.25, 0.3) is 0 Å². The van der Waals surface area contributed by atoms with Crippen molar-refractivity contribution in [3.8, 4) is 0 Å². The van der Waals surface area contributed by atoms with Gasteiger partial charge in [-0.3, -0.25) is 9.59 Å². The Labute approximate surface area is 125 Å². The van der Waals surface area contributed by atoms with Crippen LogP contribution in [0.4, 0.5) is 0 Å². The number of halogens is 2. The third kappa shape index (κ3) is 2.72. The van der Waals surface area contributed by atoms with Crippen LogP contribution in [0.1, 0.15) is 17.3 Å². The molecule has 1 amide bonds. The van der Waals surface area contributed by atoms with Crippen molar-refractivity contribution in [3.05, 3.63) is 28.0 Å². The van der Waals surface area contributed by atoms with Crippen molar-refractivity contribution in [2.45, 2.75) is 13.0 Å². The summed E-state index contributed by atoms with van der Waals surface area (Å²) in [5, 5.41) is 12.1. The molecule has 2 N–H and O–H groups in total. The number of ether oxygens (including phenoxy) is 1. The normalized spacial score (nSPS) is 25.4. The average Bonchev–Trinajstić information content (AvgIpc) is 2.75. The number of rotatable bonds is 3. The van der Waals surface area contributed by atoms with Crippen LogP contribution in [0.5, 0.6) is 0 Å². The fourth-order valence-corrected chi connectivity index (χ4v) is 2.26. The molecule has 0 saturated carbocycles. The predicted octanol–water partition coefficient (Wildman–Crippen LogP) is 1.61. The molecule has 2 unspecified atom stereocenters. The van der Waals surface area contributed by atoms with Gasteiger partial charge in [0, 0.05) is 6.20 Å². The maximum atomic E-state index is 12.2. The lowest BCUT2D eigenvalue weighted by Gasteiger charge is -2.25. The number of aromatic nitrogens is 1. The third-order valence-electron chi connectivity index (χ3n) is 3.32. The number of carbonyl (C=O) groups excluding carboxylic acids is 1. The minimum Gasteiger partial charge on any atom is -0.481 e. The lowest BCUT2D eigenvalue weighted by molar-refractivity contribution is -0.148. The number of aliphatic carboxylic acids is 1. The van der Waals surface area contributed by atoms with Gasteiger partial charge >= 0.3 is 5.97 Å². The molecular weight excluding hydrogens is 307 g/mol. The molecular formula is C12H12Cl2N2O4. The van der Waals surface area contributed by atoms with Crippen molar-refractivity contribution in [1.29, 1.82) is 0 Å². The Morgan fingerprint density at radius 2 is 2.25 bits per heavy atom. The second kappa shape index (κ2) is 5.55. The van der Waals surface area contributed by atoms with Gasteiger partial charge in [0.2, 0.25) is 0 Å². The van der Waals surface area contributed by atoms with Gasteiger partial charge in [-0.2, -0.15) is 0 Å². The van der Waals surface area contributed by atoms with Crippen LogP contribution < -0.4 is 5.32 Å². The number of nitrogens with zero attached hydrogens (tertiary/aromatic N) is 1. The molecule has 2 atom stereocenters. The Morgan fingerprint density at radius 1 is 1.55 bits per heavy atom. The van der Waals surface area contributed by atoms with Crippen molar-refractivity contribution >= 4 is 35.1 Å². The zero-order valence-corrected chi connectivity index (χ0v) is 12.0. The molecule has 8 heteroatoms. The second-order valence-corrected chi connectivity index (χ2v) is 5.55. The molecule has 0 aliphatic carbocycles. The first-order valence-electron chi connectivity index (χ1n) is 5.77. The molecule has 1 saturated heterocycles. The molecule has 20 heavy (non-hydrogen) atoms. The number of amides is 1. The fraction of sp³-hybridized carbons (Fsp3) is 0.417. The summed E-state index contributed by atoms with van der Waals surface area (Å²) in [6.45, 7) is 1.69. The monoisotopic (exact) mass is 318 g/mol. The molecule has 2 heterocycles. The van der Waals surface area contributed by atoms with Crippen LogP contribution >= 0.6 is 23.2 Å². The Bertz CT molecular complexity index is 566. The van der Waals surface area contributed by atoms with Gasteiger partial charge in [0.25, 0.3) is 5.91 Å². The zero-order valence-electron chi connectivity index (χ0n) is 10.5. The molecule has 1 aliphatic heterocycles.